The molecule has 0 saturated carbocycles. The average molecular weight is 345 g/mol. The van der Waals surface area contributed by atoms with E-state index in [2.05, 4.69) is 0 Å². The topological polar surface area (TPSA) is 141 Å². The molecule has 0 saturated heterocycles. The minimum absolute atomic E-state index is 0.113. The number of nitrogens with zero attached hydrogens (tertiary/aromatic N) is 4. The van der Waals surface area contributed by atoms with E-state index in [-0.39, 0.29) is 22.9 Å². The summed E-state index contributed by atoms with van der Waals surface area (Å²) in [6.07, 6.45) is 4.11. The fourth-order valence-corrected chi connectivity index (χ4v) is 4.13. The van der Waals surface area contributed by atoms with Gasteiger partial charge in [0.25, 0.3) is 5.69 Å². The predicted molar refractivity (Wildman–Crippen MR) is 91.7 cm³/mol. The lowest BCUT2D eigenvalue weighted by molar-refractivity contribution is -0.385. The number of nitriles is 3. The zero-order valence-corrected chi connectivity index (χ0v) is 13.8. The zero-order chi connectivity index (χ0) is 18.9. The molecule has 0 unspecified atom stereocenters. The highest BCUT2D eigenvalue weighted by atomic mass is 16.6. The van der Waals surface area contributed by atoms with Crippen molar-refractivity contribution in [2.24, 2.45) is 17.1 Å². The van der Waals surface area contributed by atoms with Crippen LogP contribution in [0.4, 0.5) is 5.69 Å². The highest BCUT2D eigenvalue weighted by molar-refractivity contribution is 5.61. The van der Waals surface area contributed by atoms with Crippen molar-refractivity contribution in [2.75, 3.05) is 0 Å². The van der Waals surface area contributed by atoms with Crippen molar-refractivity contribution in [3.8, 4) is 18.2 Å². The lowest BCUT2D eigenvalue weighted by Crippen LogP contribution is -2.42. The second kappa shape index (κ2) is 6.35. The minimum atomic E-state index is -1.82. The van der Waals surface area contributed by atoms with E-state index in [4.69, 9.17) is 5.73 Å². The van der Waals surface area contributed by atoms with Crippen molar-refractivity contribution in [1.82, 2.24) is 0 Å². The summed E-state index contributed by atoms with van der Waals surface area (Å²) in [5.74, 6) is -1.14. The van der Waals surface area contributed by atoms with Gasteiger partial charge in [-0.25, -0.2) is 0 Å². The summed E-state index contributed by atoms with van der Waals surface area (Å²) in [5.41, 5.74) is 5.23. The normalized spacial score (nSPS) is 23.7. The molecule has 0 spiro atoms. The van der Waals surface area contributed by atoms with Crippen LogP contribution in [0.1, 0.15) is 30.7 Å². The molecular formula is C19H15N5O2. The average Bonchev–Trinajstić information content (AvgIpc) is 2.67. The summed E-state index contributed by atoms with van der Waals surface area (Å²) in [6.45, 7) is 0. The van der Waals surface area contributed by atoms with Gasteiger partial charge in [-0.05, 0) is 30.8 Å². The first-order valence-electron chi connectivity index (χ1n) is 8.18. The molecule has 0 heterocycles. The first kappa shape index (κ1) is 17.2. The number of fused-ring (bicyclic) bond motifs is 1. The lowest BCUT2D eigenvalue weighted by atomic mass is 9.56. The monoisotopic (exact) mass is 345 g/mol. The quantitative estimate of drug-likeness (QED) is 0.644. The molecule has 1 aromatic carbocycles. The maximum absolute atomic E-state index is 11.5. The second-order valence-corrected chi connectivity index (χ2v) is 6.42. The Kier molecular flexibility index (Phi) is 4.20. The molecule has 26 heavy (non-hydrogen) atoms. The van der Waals surface area contributed by atoms with Gasteiger partial charge < -0.3 is 5.73 Å². The van der Waals surface area contributed by atoms with E-state index in [9.17, 15) is 25.9 Å². The number of allylic oxidation sites excluding steroid dienone is 4. The zero-order valence-electron chi connectivity index (χ0n) is 13.8. The van der Waals surface area contributed by atoms with Crippen molar-refractivity contribution >= 4 is 5.69 Å². The van der Waals surface area contributed by atoms with Crippen LogP contribution >= 0.6 is 0 Å². The maximum Gasteiger partial charge on any atom is 0.272 e. The van der Waals surface area contributed by atoms with Crippen LogP contribution in [0.5, 0.6) is 0 Å². The highest BCUT2D eigenvalue weighted by Gasteiger charge is 2.55. The van der Waals surface area contributed by atoms with Gasteiger partial charge in [-0.3, -0.25) is 10.1 Å². The Morgan fingerprint density at radius 1 is 1.23 bits per heavy atom. The molecule has 0 radical (unpaired) electrons. The molecule has 0 aromatic heterocycles. The van der Waals surface area contributed by atoms with Crippen molar-refractivity contribution < 1.29 is 4.92 Å². The molecule has 128 valence electrons. The Bertz CT molecular complexity index is 957. The van der Waals surface area contributed by atoms with E-state index in [0.717, 1.165) is 12.8 Å². The Morgan fingerprint density at radius 2 is 1.92 bits per heavy atom. The van der Waals surface area contributed by atoms with Crippen molar-refractivity contribution in [3.63, 3.8) is 0 Å². The number of hydrogen-bond donors (Lipinski definition) is 1. The first-order valence-corrected chi connectivity index (χ1v) is 8.18. The SMILES string of the molecule is N#CC1=C(N)C(C#N)(C#N)[C@H](c2ccccc2[N+](=O)[O-])[C@H]2CCCC=C12. The Morgan fingerprint density at radius 3 is 2.54 bits per heavy atom. The molecule has 2 aliphatic rings. The number of nitro groups is 1. The van der Waals surface area contributed by atoms with Gasteiger partial charge in [-0.2, -0.15) is 15.8 Å². The number of benzene rings is 1. The molecular weight excluding hydrogens is 330 g/mol. The third-order valence-corrected chi connectivity index (χ3v) is 5.27. The van der Waals surface area contributed by atoms with Gasteiger partial charge in [-0.15, -0.1) is 0 Å². The summed E-state index contributed by atoms with van der Waals surface area (Å²) in [5, 5.41) is 40.9. The van der Waals surface area contributed by atoms with Crippen LogP contribution in [0.2, 0.25) is 0 Å². The second-order valence-electron chi connectivity index (χ2n) is 6.42. The van der Waals surface area contributed by atoms with Crippen LogP contribution in [0.3, 0.4) is 0 Å². The fourth-order valence-electron chi connectivity index (χ4n) is 4.13. The molecule has 2 atom stereocenters. The van der Waals surface area contributed by atoms with Crippen LogP contribution in [-0.2, 0) is 0 Å². The largest absolute Gasteiger partial charge is 0.399 e. The third kappa shape index (κ3) is 2.24. The summed E-state index contributed by atoms with van der Waals surface area (Å²) >= 11 is 0. The van der Waals surface area contributed by atoms with Crippen LogP contribution in [0, 0.1) is 55.4 Å². The minimum Gasteiger partial charge on any atom is -0.399 e. The number of hydrogen-bond acceptors (Lipinski definition) is 6. The van der Waals surface area contributed by atoms with E-state index in [1.807, 2.05) is 24.3 Å². The van der Waals surface area contributed by atoms with Gasteiger partial charge in [0.15, 0.2) is 5.41 Å². The Hall–Kier alpha value is -3.63. The van der Waals surface area contributed by atoms with Crippen LogP contribution < -0.4 is 5.73 Å². The summed E-state index contributed by atoms with van der Waals surface area (Å²) in [6, 6.07) is 12.1. The lowest BCUT2D eigenvalue weighted by Gasteiger charge is -2.43. The number of para-hydroxylation sites is 1. The van der Waals surface area contributed by atoms with Gasteiger partial charge in [0.05, 0.1) is 28.3 Å². The Labute approximate surface area is 150 Å². The third-order valence-electron chi connectivity index (χ3n) is 5.27. The molecule has 0 aliphatic heterocycles. The summed E-state index contributed by atoms with van der Waals surface area (Å²) < 4.78 is 0. The first-order chi connectivity index (χ1) is 12.5. The highest BCUT2D eigenvalue weighted by Crippen LogP contribution is 2.56. The summed E-state index contributed by atoms with van der Waals surface area (Å²) in [4.78, 5) is 11.0. The molecule has 2 N–H and O–H groups in total. The van der Waals surface area contributed by atoms with Gasteiger partial charge >= 0.3 is 0 Å². The molecule has 1 aromatic rings. The smallest absolute Gasteiger partial charge is 0.272 e. The van der Waals surface area contributed by atoms with E-state index < -0.39 is 16.3 Å². The molecule has 7 heteroatoms. The van der Waals surface area contributed by atoms with Crippen molar-refractivity contribution in [3.05, 3.63) is 62.9 Å². The molecule has 0 fully saturated rings. The van der Waals surface area contributed by atoms with E-state index in [1.165, 1.54) is 6.07 Å². The molecule has 0 bridgehead atoms. The fraction of sp³-hybridized carbons (Fsp3) is 0.316. The van der Waals surface area contributed by atoms with E-state index in [1.54, 1.807) is 18.2 Å². The molecule has 2 aliphatic carbocycles. The summed E-state index contributed by atoms with van der Waals surface area (Å²) in [7, 11) is 0. The van der Waals surface area contributed by atoms with Crippen LogP contribution in [0.25, 0.3) is 0 Å². The Balaban J connectivity index is 2.39. The van der Waals surface area contributed by atoms with Crippen LogP contribution in [0.15, 0.2) is 47.2 Å². The number of rotatable bonds is 2. The molecule has 3 rings (SSSR count). The standard InChI is InChI=1S/C19H15N5O2/c20-9-15-12-5-1-2-6-13(12)17(19(10-21,11-22)18(15)23)14-7-3-4-8-16(14)24(25)26/h3-5,7-8,13,17H,1-2,6,23H2/t13-,17-/m0/s1. The van der Waals surface area contributed by atoms with Gasteiger partial charge in [-0.1, -0.05) is 24.3 Å². The predicted octanol–water partition coefficient (Wildman–Crippen LogP) is 3.19. The van der Waals surface area contributed by atoms with Gasteiger partial charge in [0.2, 0.25) is 0 Å². The number of nitro benzene ring substituents is 1. The van der Waals surface area contributed by atoms with Crippen LogP contribution in [-0.4, -0.2) is 4.92 Å². The van der Waals surface area contributed by atoms with E-state index >= 15 is 0 Å². The molecule has 0 amide bonds. The van der Waals surface area contributed by atoms with Gasteiger partial charge in [0, 0.05) is 17.5 Å². The van der Waals surface area contributed by atoms with Gasteiger partial charge in [0.1, 0.15) is 6.07 Å². The van der Waals surface area contributed by atoms with E-state index in [0.29, 0.717) is 17.6 Å². The maximum atomic E-state index is 11.5. The number of nitrogens with two attached hydrogens (primary N) is 1. The van der Waals surface area contributed by atoms with Crippen molar-refractivity contribution in [2.45, 2.75) is 25.2 Å². The van der Waals surface area contributed by atoms with Crippen molar-refractivity contribution in [1.29, 1.82) is 15.8 Å². The molecule has 7 nitrogen and oxygen atoms in total.